The molecule has 2 aliphatic rings. The maximum Gasteiger partial charge on any atom is 0.0166 e. The van der Waals surface area contributed by atoms with Gasteiger partial charge in [-0.3, -0.25) is 4.90 Å². The summed E-state index contributed by atoms with van der Waals surface area (Å²) in [6.45, 7) is 8.26. The Bertz CT molecular complexity index is 435. The molecule has 1 saturated heterocycles. The summed E-state index contributed by atoms with van der Waals surface area (Å²) in [5.41, 5.74) is 1.57. The smallest absolute Gasteiger partial charge is 0.0166 e. The van der Waals surface area contributed by atoms with Crippen molar-refractivity contribution in [1.82, 2.24) is 10.2 Å². The first-order chi connectivity index (χ1) is 9.24. The van der Waals surface area contributed by atoms with Crippen LogP contribution in [0, 0.1) is 0 Å². The van der Waals surface area contributed by atoms with E-state index in [1.54, 1.807) is 5.56 Å². The zero-order valence-corrected chi connectivity index (χ0v) is 12.7. The minimum Gasteiger partial charge on any atom is -0.313 e. The van der Waals surface area contributed by atoms with Crippen molar-refractivity contribution in [2.24, 2.45) is 0 Å². The predicted octanol–water partition coefficient (Wildman–Crippen LogP) is 2.95. The Morgan fingerprint density at radius 3 is 3.05 bits per heavy atom. The molecule has 1 N–H and O–H groups in total. The first-order valence-electron chi connectivity index (χ1n) is 7.43. The van der Waals surface area contributed by atoms with E-state index in [-0.39, 0.29) is 0 Å². The first-order valence-corrected chi connectivity index (χ1v) is 8.41. The maximum atomic E-state index is 3.60. The fourth-order valence-electron chi connectivity index (χ4n) is 3.24. The molecule has 3 heteroatoms. The third-order valence-electron chi connectivity index (χ3n) is 4.44. The highest BCUT2D eigenvalue weighted by molar-refractivity contribution is 7.99. The van der Waals surface area contributed by atoms with Gasteiger partial charge in [-0.2, -0.15) is 0 Å². The van der Waals surface area contributed by atoms with Crippen molar-refractivity contribution in [3.63, 3.8) is 0 Å². The molecule has 2 aliphatic heterocycles. The normalized spacial score (nSPS) is 32.0. The third kappa shape index (κ3) is 2.99. The molecule has 3 rings (SSSR count). The molecule has 3 unspecified atom stereocenters. The molecule has 1 aromatic rings. The van der Waals surface area contributed by atoms with Gasteiger partial charge in [0.2, 0.25) is 0 Å². The Morgan fingerprint density at radius 1 is 1.32 bits per heavy atom. The molecule has 0 saturated carbocycles. The van der Waals surface area contributed by atoms with E-state index in [1.165, 1.54) is 30.2 Å². The van der Waals surface area contributed by atoms with Gasteiger partial charge in [0.05, 0.1) is 0 Å². The van der Waals surface area contributed by atoms with Crippen molar-refractivity contribution in [3.8, 4) is 0 Å². The second-order valence-corrected chi connectivity index (χ2v) is 7.05. The highest BCUT2D eigenvalue weighted by Gasteiger charge is 2.28. The van der Waals surface area contributed by atoms with Crippen molar-refractivity contribution in [3.05, 3.63) is 29.8 Å². The topological polar surface area (TPSA) is 15.3 Å². The van der Waals surface area contributed by atoms with E-state index in [9.17, 15) is 0 Å². The Labute approximate surface area is 121 Å². The number of benzene rings is 1. The van der Waals surface area contributed by atoms with Gasteiger partial charge in [0.1, 0.15) is 0 Å². The van der Waals surface area contributed by atoms with Crippen LogP contribution in [0.1, 0.15) is 31.7 Å². The molecule has 0 aromatic heterocycles. The van der Waals surface area contributed by atoms with Gasteiger partial charge in [-0.05, 0) is 38.4 Å². The van der Waals surface area contributed by atoms with Crippen LogP contribution >= 0.6 is 11.8 Å². The number of thioether (sulfide) groups is 1. The van der Waals surface area contributed by atoms with Gasteiger partial charge in [-0.15, -0.1) is 11.8 Å². The monoisotopic (exact) mass is 276 g/mol. The average Bonchev–Trinajstić information content (AvgIpc) is 2.73. The molecule has 0 spiro atoms. The number of hydrogen-bond acceptors (Lipinski definition) is 3. The predicted molar refractivity (Wildman–Crippen MR) is 83.0 cm³/mol. The lowest BCUT2D eigenvalue weighted by molar-refractivity contribution is 0.199. The summed E-state index contributed by atoms with van der Waals surface area (Å²) < 4.78 is 0. The van der Waals surface area contributed by atoms with Gasteiger partial charge in [0, 0.05) is 41.7 Å². The molecular weight excluding hydrogens is 252 g/mol. The van der Waals surface area contributed by atoms with Crippen LogP contribution in [0.25, 0.3) is 0 Å². The number of fused-ring (bicyclic) bond motifs is 1. The van der Waals surface area contributed by atoms with E-state index >= 15 is 0 Å². The fourth-order valence-corrected chi connectivity index (χ4v) is 4.48. The maximum absolute atomic E-state index is 3.60. The first kappa shape index (κ1) is 13.5. The molecule has 2 nitrogen and oxygen atoms in total. The summed E-state index contributed by atoms with van der Waals surface area (Å²) in [7, 11) is 0. The highest BCUT2D eigenvalue weighted by atomic mass is 32.2. The molecule has 3 atom stereocenters. The summed E-state index contributed by atoms with van der Waals surface area (Å²) in [4.78, 5) is 4.19. The number of nitrogens with one attached hydrogen (secondary N) is 1. The minimum atomic E-state index is 0.620. The molecule has 0 radical (unpaired) electrons. The molecule has 0 bridgehead atoms. The summed E-state index contributed by atoms with van der Waals surface area (Å²) in [5.74, 6) is 1.97. The average molecular weight is 276 g/mol. The van der Waals surface area contributed by atoms with E-state index in [1.807, 2.05) is 11.8 Å². The zero-order chi connectivity index (χ0) is 13.2. The summed E-state index contributed by atoms with van der Waals surface area (Å²) in [6, 6.07) is 10.3. The van der Waals surface area contributed by atoms with E-state index in [0.717, 1.165) is 6.54 Å². The van der Waals surface area contributed by atoms with Crippen LogP contribution in [0.15, 0.2) is 29.2 Å². The Kier molecular flexibility index (Phi) is 4.15. The molecule has 19 heavy (non-hydrogen) atoms. The second-order valence-electron chi connectivity index (χ2n) is 5.99. The van der Waals surface area contributed by atoms with E-state index in [2.05, 4.69) is 48.3 Å². The van der Waals surface area contributed by atoms with E-state index in [4.69, 9.17) is 0 Å². The van der Waals surface area contributed by atoms with Gasteiger partial charge < -0.3 is 5.32 Å². The number of nitrogens with zero attached hydrogens (tertiary/aromatic N) is 1. The molecule has 1 aromatic carbocycles. The lowest BCUT2D eigenvalue weighted by Gasteiger charge is -2.30. The van der Waals surface area contributed by atoms with Gasteiger partial charge in [-0.1, -0.05) is 18.2 Å². The van der Waals surface area contributed by atoms with Gasteiger partial charge in [0.25, 0.3) is 0 Å². The lowest BCUT2D eigenvalue weighted by Crippen LogP contribution is -2.40. The van der Waals surface area contributed by atoms with Crippen LogP contribution in [-0.2, 0) is 0 Å². The zero-order valence-electron chi connectivity index (χ0n) is 11.9. The summed E-state index contributed by atoms with van der Waals surface area (Å²) in [6.07, 6.45) is 1.27. The van der Waals surface area contributed by atoms with Crippen LogP contribution in [0.3, 0.4) is 0 Å². The molecule has 0 amide bonds. The summed E-state index contributed by atoms with van der Waals surface area (Å²) in [5, 5.41) is 3.60. The Hall–Kier alpha value is -0.510. The molecule has 1 fully saturated rings. The van der Waals surface area contributed by atoms with Crippen molar-refractivity contribution >= 4 is 11.8 Å². The third-order valence-corrected chi connectivity index (χ3v) is 5.69. The lowest BCUT2D eigenvalue weighted by atomic mass is 9.99. The van der Waals surface area contributed by atoms with Crippen LogP contribution in [0.2, 0.25) is 0 Å². The largest absolute Gasteiger partial charge is 0.313 e. The van der Waals surface area contributed by atoms with Gasteiger partial charge >= 0.3 is 0 Å². The van der Waals surface area contributed by atoms with Crippen molar-refractivity contribution in [2.45, 2.75) is 43.2 Å². The number of rotatable bonds is 2. The van der Waals surface area contributed by atoms with Crippen molar-refractivity contribution in [2.75, 3.05) is 25.4 Å². The summed E-state index contributed by atoms with van der Waals surface area (Å²) >= 11 is 2.03. The Morgan fingerprint density at radius 2 is 2.16 bits per heavy atom. The SMILES string of the molecule is CC1CN(CC2CSc3ccccc32)C(C)CCN1. The standard InChI is InChI=1S/C16H24N2S/c1-12-9-18(13(2)7-8-17-12)10-14-11-19-16-6-4-3-5-15(14)16/h3-6,12-14,17H,7-11H2,1-2H3. The minimum absolute atomic E-state index is 0.620. The highest BCUT2D eigenvalue weighted by Crippen LogP contribution is 2.39. The van der Waals surface area contributed by atoms with E-state index < -0.39 is 0 Å². The van der Waals surface area contributed by atoms with Gasteiger partial charge in [-0.25, -0.2) is 0 Å². The fraction of sp³-hybridized carbons (Fsp3) is 0.625. The van der Waals surface area contributed by atoms with Crippen molar-refractivity contribution in [1.29, 1.82) is 0 Å². The Balaban J connectivity index is 1.71. The van der Waals surface area contributed by atoms with E-state index in [0.29, 0.717) is 18.0 Å². The van der Waals surface area contributed by atoms with Crippen LogP contribution in [0.5, 0.6) is 0 Å². The van der Waals surface area contributed by atoms with Gasteiger partial charge in [0.15, 0.2) is 0 Å². The molecular formula is C16H24N2S. The van der Waals surface area contributed by atoms with Crippen LogP contribution < -0.4 is 5.32 Å². The number of hydrogen-bond donors (Lipinski definition) is 1. The molecule has 2 heterocycles. The quantitative estimate of drug-likeness (QED) is 0.894. The van der Waals surface area contributed by atoms with Crippen LogP contribution in [-0.4, -0.2) is 42.4 Å². The van der Waals surface area contributed by atoms with Crippen LogP contribution in [0.4, 0.5) is 0 Å². The van der Waals surface area contributed by atoms with Crippen molar-refractivity contribution < 1.29 is 0 Å². The molecule has 0 aliphatic carbocycles. The second kappa shape index (κ2) is 5.86. The molecule has 104 valence electrons.